The first kappa shape index (κ1) is 15.9. The smallest absolute Gasteiger partial charge is 0.155 e. The van der Waals surface area contributed by atoms with Gasteiger partial charge in [-0.05, 0) is 25.5 Å². The maximum Gasteiger partial charge on any atom is 0.155 e. The lowest BCUT2D eigenvalue weighted by Gasteiger charge is -2.10. The van der Waals surface area contributed by atoms with Gasteiger partial charge in [-0.2, -0.15) is 5.10 Å². The number of ether oxygens (including phenoxy) is 1. The van der Waals surface area contributed by atoms with Gasteiger partial charge in [0, 0.05) is 6.54 Å². The molecule has 0 saturated carbocycles. The lowest BCUT2D eigenvalue weighted by molar-refractivity contribution is 0.111. The molecular formula is C15H16Cl2N2O2. The maximum atomic E-state index is 11.1. The number of aromatic nitrogens is 2. The monoisotopic (exact) mass is 326 g/mol. The van der Waals surface area contributed by atoms with Crippen molar-refractivity contribution >= 4 is 29.5 Å². The second-order valence-electron chi connectivity index (χ2n) is 4.43. The van der Waals surface area contributed by atoms with Crippen LogP contribution in [0.5, 0.6) is 5.75 Å². The average Bonchev–Trinajstić information content (AvgIpc) is 2.80. The van der Waals surface area contributed by atoms with Crippen molar-refractivity contribution in [3.8, 4) is 5.75 Å². The Morgan fingerprint density at radius 2 is 2.10 bits per heavy atom. The van der Waals surface area contributed by atoms with Gasteiger partial charge in [0.05, 0.1) is 27.0 Å². The highest BCUT2D eigenvalue weighted by atomic mass is 35.5. The molecule has 112 valence electrons. The number of carbonyl (C=O) groups excluding carboxylic acids is 1. The fourth-order valence-corrected chi connectivity index (χ4v) is 2.59. The van der Waals surface area contributed by atoms with Crippen molar-refractivity contribution in [2.75, 3.05) is 0 Å². The van der Waals surface area contributed by atoms with Crippen molar-refractivity contribution in [3.63, 3.8) is 0 Å². The molecule has 0 saturated heterocycles. The van der Waals surface area contributed by atoms with Crippen LogP contribution in [0.25, 0.3) is 0 Å². The number of aldehydes is 1. The summed E-state index contributed by atoms with van der Waals surface area (Å²) in [4.78, 5) is 11.1. The molecule has 6 heteroatoms. The fourth-order valence-electron chi connectivity index (χ4n) is 2.06. The summed E-state index contributed by atoms with van der Waals surface area (Å²) in [5.74, 6) is 0.440. The zero-order chi connectivity index (χ0) is 15.4. The van der Waals surface area contributed by atoms with Crippen LogP contribution >= 0.6 is 23.2 Å². The molecule has 1 aromatic heterocycles. The molecule has 0 unspecified atom stereocenters. The predicted octanol–water partition coefficient (Wildman–Crippen LogP) is 4.16. The Morgan fingerprint density at radius 1 is 1.33 bits per heavy atom. The molecule has 0 amide bonds. The highest BCUT2D eigenvalue weighted by molar-refractivity contribution is 6.33. The van der Waals surface area contributed by atoms with Crippen LogP contribution in [0.2, 0.25) is 10.0 Å². The first-order valence-corrected chi connectivity index (χ1v) is 7.48. The molecule has 1 heterocycles. The molecule has 0 atom stereocenters. The van der Waals surface area contributed by atoms with Gasteiger partial charge in [0.2, 0.25) is 0 Å². The van der Waals surface area contributed by atoms with Crippen molar-refractivity contribution < 1.29 is 9.53 Å². The topological polar surface area (TPSA) is 44.1 Å². The number of carbonyl (C=O) groups is 1. The quantitative estimate of drug-likeness (QED) is 0.748. The predicted molar refractivity (Wildman–Crippen MR) is 83.5 cm³/mol. The molecule has 0 bridgehead atoms. The van der Waals surface area contributed by atoms with Crippen LogP contribution in [-0.4, -0.2) is 16.1 Å². The Hall–Kier alpha value is -1.52. The minimum atomic E-state index is 0.237. The lowest BCUT2D eigenvalue weighted by Crippen LogP contribution is -2.07. The number of rotatable bonds is 6. The zero-order valence-electron chi connectivity index (χ0n) is 11.9. The Bertz CT molecular complexity index is 653. The molecule has 0 N–H and O–H groups in total. The van der Waals surface area contributed by atoms with Gasteiger partial charge >= 0.3 is 0 Å². The molecule has 21 heavy (non-hydrogen) atoms. The van der Waals surface area contributed by atoms with E-state index in [2.05, 4.69) is 5.10 Å². The SMILES string of the molecule is CCc1nn(CC)c(COc2cccc(Cl)c2C=O)c1Cl. The summed E-state index contributed by atoms with van der Waals surface area (Å²) in [5.41, 5.74) is 1.99. The molecule has 0 aliphatic rings. The average molecular weight is 327 g/mol. The van der Waals surface area contributed by atoms with Crippen LogP contribution in [0.1, 0.15) is 35.6 Å². The molecule has 0 spiro atoms. The standard InChI is InChI=1S/C15H16Cl2N2O2/c1-3-12-15(17)13(19(4-2)18-12)9-21-14-7-5-6-11(16)10(14)8-20/h5-8H,3-4,9H2,1-2H3. The molecule has 1 aromatic carbocycles. The third-order valence-electron chi connectivity index (χ3n) is 3.19. The Kier molecular flexibility index (Phi) is 5.26. The number of aryl methyl sites for hydroxylation is 2. The second-order valence-corrected chi connectivity index (χ2v) is 5.22. The van der Waals surface area contributed by atoms with Gasteiger partial charge in [-0.15, -0.1) is 0 Å². The Labute approximate surface area is 133 Å². The van der Waals surface area contributed by atoms with E-state index < -0.39 is 0 Å². The highest BCUT2D eigenvalue weighted by Crippen LogP contribution is 2.27. The number of nitrogens with zero attached hydrogens (tertiary/aromatic N) is 2. The third kappa shape index (κ3) is 3.22. The van der Waals surface area contributed by atoms with Crippen molar-refractivity contribution in [2.45, 2.75) is 33.4 Å². The van der Waals surface area contributed by atoms with E-state index in [4.69, 9.17) is 27.9 Å². The summed E-state index contributed by atoms with van der Waals surface area (Å²) in [5, 5.41) is 5.42. The maximum absolute atomic E-state index is 11.1. The first-order chi connectivity index (χ1) is 10.1. The van der Waals surface area contributed by atoms with Crippen molar-refractivity contribution in [3.05, 3.63) is 45.2 Å². The van der Waals surface area contributed by atoms with Gasteiger partial charge in [0.25, 0.3) is 0 Å². The van der Waals surface area contributed by atoms with Crippen LogP contribution in [0.4, 0.5) is 0 Å². The van der Waals surface area contributed by atoms with E-state index in [1.807, 2.05) is 18.5 Å². The number of hydrogen-bond donors (Lipinski definition) is 0. The van der Waals surface area contributed by atoms with Crippen LogP contribution in [-0.2, 0) is 19.6 Å². The van der Waals surface area contributed by atoms with Crippen LogP contribution in [0, 0.1) is 0 Å². The number of hydrogen-bond acceptors (Lipinski definition) is 3. The Balaban J connectivity index is 2.26. The third-order valence-corrected chi connectivity index (χ3v) is 3.96. The largest absolute Gasteiger partial charge is 0.486 e. The van der Waals surface area contributed by atoms with Gasteiger partial charge in [-0.1, -0.05) is 36.2 Å². The number of benzene rings is 1. The minimum Gasteiger partial charge on any atom is -0.486 e. The molecule has 0 aliphatic heterocycles. The van der Waals surface area contributed by atoms with Gasteiger partial charge in [-0.3, -0.25) is 9.48 Å². The molecule has 0 fully saturated rings. The van der Waals surface area contributed by atoms with Crippen molar-refractivity contribution in [1.82, 2.24) is 9.78 Å². The zero-order valence-corrected chi connectivity index (χ0v) is 13.4. The van der Waals surface area contributed by atoms with Gasteiger partial charge in [-0.25, -0.2) is 0 Å². The summed E-state index contributed by atoms with van der Waals surface area (Å²) in [6.45, 7) is 4.93. The van der Waals surface area contributed by atoms with Crippen LogP contribution in [0.3, 0.4) is 0 Å². The van der Waals surface area contributed by atoms with E-state index in [9.17, 15) is 4.79 Å². The molecule has 0 radical (unpaired) electrons. The first-order valence-electron chi connectivity index (χ1n) is 6.72. The van der Waals surface area contributed by atoms with E-state index in [-0.39, 0.29) is 6.61 Å². The highest BCUT2D eigenvalue weighted by Gasteiger charge is 2.16. The van der Waals surface area contributed by atoms with Gasteiger partial charge in [0.1, 0.15) is 12.4 Å². The molecular weight excluding hydrogens is 311 g/mol. The summed E-state index contributed by atoms with van der Waals surface area (Å²) in [6.07, 6.45) is 1.45. The normalized spacial score (nSPS) is 10.7. The fraction of sp³-hybridized carbons (Fsp3) is 0.333. The van der Waals surface area contributed by atoms with E-state index >= 15 is 0 Å². The number of halogens is 2. The lowest BCUT2D eigenvalue weighted by atomic mass is 10.2. The van der Waals surface area contributed by atoms with E-state index in [0.29, 0.717) is 34.2 Å². The summed E-state index contributed by atoms with van der Waals surface area (Å²) < 4.78 is 7.53. The molecule has 0 aliphatic carbocycles. The van der Waals surface area contributed by atoms with Gasteiger partial charge in [0.15, 0.2) is 6.29 Å². The van der Waals surface area contributed by atoms with E-state index in [1.165, 1.54) is 0 Å². The van der Waals surface area contributed by atoms with Crippen LogP contribution < -0.4 is 4.74 Å². The molecule has 2 aromatic rings. The van der Waals surface area contributed by atoms with Gasteiger partial charge < -0.3 is 4.74 Å². The van der Waals surface area contributed by atoms with Crippen molar-refractivity contribution in [2.24, 2.45) is 0 Å². The summed E-state index contributed by atoms with van der Waals surface area (Å²) in [7, 11) is 0. The molecule has 4 nitrogen and oxygen atoms in total. The summed E-state index contributed by atoms with van der Waals surface area (Å²) >= 11 is 12.3. The van der Waals surface area contributed by atoms with Crippen molar-refractivity contribution in [1.29, 1.82) is 0 Å². The summed E-state index contributed by atoms with van der Waals surface area (Å²) in [6, 6.07) is 5.09. The van der Waals surface area contributed by atoms with Crippen LogP contribution in [0.15, 0.2) is 18.2 Å². The van der Waals surface area contributed by atoms with E-state index in [0.717, 1.165) is 17.8 Å². The molecule has 2 rings (SSSR count). The second kappa shape index (κ2) is 6.96. The Morgan fingerprint density at radius 3 is 2.71 bits per heavy atom. The van der Waals surface area contributed by atoms with E-state index in [1.54, 1.807) is 18.2 Å². The minimum absolute atomic E-state index is 0.237.